The Kier molecular flexibility index (Phi) is 10.2. The first-order chi connectivity index (χ1) is 22.8. The topological polar surface area (TPSA) is 133 Å². The summed E-state index contributed by atoms with van der Waals surface area (Å²) in [4.78, 5) is 24.3. The van der Waals surface area contributed by atoms with E-state index in [-0.39, 0.29) is 60.8 Å². The Balaban J connectivity index is 1.43. The van der Waals surface area contributed by atoms with E-state index in [1.807, 2.05) is 6.92 Å². The van der Waals surface area contributed by atoms with Gasteiger partial charge in [-0.25, -0.2) is 23.0 Å². The van der Waals surface area contributed by atoms with Crippen molar-refractivity contribution < 1.29 is 40.4 Å². The van der Waals surface area contributed by atoms with Crippen LogP contribution in [0.3, 0.4) is 0 Å². The smallest absolute Gasteiger partial charge is 0.472 e. The van der Waals surface area contributed by atoms with Gasteiger partial charge in [-0.1, -0.05) is 0 Å². The predicted molar refractivity (Wildman–Crippen MR) is 169 cm³/mol. The number of pyridine rings is 1. The van der Waals surface area contributed by atoms with Crippen LogP contribution in [0.25, 0.3) is 11.5 Å². The number of rotatable bonds is 13. The number of hydrogen-bond acceptors (Lipinski definition) is 9. The largest absolute Gasteiger partial charge is 0.494 e. The Morgan fingerprint density at radius 2 is 1.83 bits per heavy atom. The molecule has 1 saturated carbocycles. The Labute approximate surface area is 273 Å². The van der Waals surface area contributed by atoms with E-state index < -0.39 is 33.4 Å². The lowest BCUT2D eigenvalue weighted by atomic mass is 10.1. The van der Waals surface area contributed by atoms with Gasteiger partial charge >= 0.3 is 12.1 Å². The third-order valence-electron chi connectivity index (χ3n) is 7.21. The molecule has 1 aliphatic rings. The van der Waals surface area contributed by atoms with Crippen LogP contribution in [0.15, 0.2) is 42.9 Å². The molecular weight excluding hydrogens is 661 g/mol. The zero-order valence-corrected chi connectivity index (χ0v) is 26.9. The highest BCUT2D eigenvalue weighted by atomic mass is 32.2. The molecule has 1 aromatic carbocycles. The van der Waals surface area contributed by atoms with Crippen molar-refractivity contribution in [2.45, 2.75) is 51.7 Å². The van der Waals surface area contributed by atoms with Gasteiger partial charge < -0.3 is 14.8 Å². The standard InChI is InChI=1S/C31H32F5N7O4S/c1-4-46-21-14-23(32)22(24(33)15-21)17-43-27(19-6-7-19)18(2)26(41-43)29-38-16-25(28(40-29)39-20-8-10-37-11-9-20)47-12-5-13-48(3,45)42-30(44)31(34,35)36/h8-11,13-16,19H,4-7,12,17H2,1-3H3,(H,42,44,45)(H,37,38,39,40). The molecule has 48 heavy (non-hydrogen) atoms. The van der Waals surface area contributed by atoms with Crippen molar-refractivity contribution in [3.63, 3.8) is 0 Å². The van der Waals surface area contributed by atoms with E-state index in [1.54, 1.807) is 36.1 Å². The number of amides is 1. The van der Waals surface area contributed by atoms with Crippen molar-refractivity contribution in [2.75, 3.05) is 24.8 Å². The normalized spacial score (nSPS) is 14.2. The summed E-state index contributed by atoms with van der Waals surface area (Å²) in [5.74, 6) is -3.01. The summed E-state index contributed by atoms with van der Waals surface area (Å²) in [5.41, 5.74) is 2.40. The van der Waals surface area contributed by atoms with E-state index in [1.165, 1.54) is 10.9 Å². The van der Waals surface area contributed by atoms with E-state index in [4.69, 9.17) is 14.6 Å². The van der Waals surface area contributed by atoms with Gasteiger partial charge in [-0.05, 0) is 44.2 Å². The second kappa shape index (κ2) is 14.1. The number of hydrogen-bond donors (Lipinski definition) is 2. The number of carbonyl (C=O) groups excluding carboxylic acids is 1. The minimum Gasteiger partial charge on any atom is -0.494 e. The van der Waals surface area contributed by atoms with Gasteiger partial charge in [0, 0.05) is 75.3 Å². The van der Waals surface area contributed by atoms with E-state index in [0.29, 0.717) is 11.4 Å². The molecule has 0 saturated heterocycles. The first kappa shape index (κ1) is 34.5. The van der Waals surface area contributed by atoms with Crippen molar-refractivity contribution in [3.8, 4) is 23.0 Å². The fourth-order valence-corrected chi connectivity index (χ4v) is 5.99. The highest BCUT2D eigenvalue weighted by molar-refractivity contribution is 7.99. The fraction of sp³-hybridized carbons (Fsp3) is 0.355. The Morgan fingerprint density at radius 1 is 1.15 bits per heavy atom. The number of alkyl halides is 3. The van der Waals surface area contributed by atoms with Crippen molar-refractivity contribution in [1.29, 1.82) is 0 Å². The Hall–Kier alpha value is -4.80. The first-order valence-electron chi connectivity index (χ1n) is 14.8. The van der Waals surface area contributed by atoms with Gasteiger partial charge in [0.2, 0.25) is 0 Å². The SMILES string of the molecule is CCOc1cc(F)c(Cn2nc(-c3ncc(OCCC=S(C)(=O)NC(=O)C(F)(F)F)c(Nc4ccncc4)n3)c(C)c2C2CC2)c(F)c1. The number of aromatic nitrogens is 5. The fourth-order valence-electron chi connectivity index (χ4n) is 4.88. The zero-order chi connectivity index (χ0) is 34.6. The second-order valence-corrected chi connectivity index (χ2v) is 13.3. The van der Waals surface area contributed by atoms with Crippen LogP contribution >= 0.6 is 0 Å². The molecule has 5 rings (SSSR count). The van der Waals surface area contributed by atoms with Crippen LogP contribution in [0.4, 0.5) is 33.5 Å². The van der Waals surface area contributed by atoms with Crippen molar-refractivity contribution in [1.82, 2.24) is 29.5 Å². The number of anilines is 2. The minimum atomic E-state index is -5.18. The molecule has 1 atom stereocenters. The molecule has 1 amide bonds. The molecule has 11 nitrogen and oxygen atoms in total. The average molecular weight is 694 g/mol. The lowest BCUT2D eigenvalue weighted by molar-refractivity contribution is -0.171. The molecule has 17 heteroatoms. The van der Waals surface area contributed by atoms with Gasteiger partial charge in [-0.15, -0.1) is 0 Å². The number of carbonyl (C=O) groups is 1. The maximum atomic E-state index is 15.0. The molecule has 2 N–H and O–H groups in total. The molecule has 3 heterocycles. The molecular formula is C31H32F5N7O4S. The monoisotopic (exact) mass is 693 g/mol. The third kappa shape index (κ3) is 8.37. The highest BCUT2D eigenvalue weighted by Crippen LogP contribution is 2.44. The summed E-state index contributed by atoms with van der Waals surface area (Å²) in [6, 6.07) is 5.65. The number of nitrogens with zero attached hydrogens (tertiary/aromatic N) is 5. The van der Waals surface area contributed by atoms with Crippen LogP contribution in [0.1, 0.15) is 48.9 Å². The van der Waals surface area contributed by atoms with Gasteiger partial charge in [0.25, 0.3) is 0 Å². The highest BCUT2D eigenvalue weighted by Gasteiger charge is 2.39. The Bertz CT molecular complexity index is 1900. The molecule has 4 aromatic rings. The molecule has 1 unspecified atom stereocenters. The number of halogens is 5. The lowest BCUT2D eigenvalue weighted by Gasteiger charge is -2.13. The maximum absolute atomic E-state index is 15.0. The van der Waals surface area contributed by atoms with Gasteiger partial charge in [-0.2, -0.15) is 18.3 Å². The minimum absolute atomic E-state index is 0.0865. The van der Waals surface area contributed by atoms with E-state index in [2.05, 4.69) is 20.3 Å². The zero-order valence-electron chi connectivity index (χ0n) is 26.1. The van der Waals surface area contributed by atoms with Gasteiger partial charge in [0.15, 0.2) is 17.4 Å². The van der Waals surface area contributed by atoms with E-state index >= 15 is 8.78 Å². The summed E-state index contributed by atoms with van der Waals surface area (Å²) in [6.45, 7) is 3.52. The summed E-state index contributed by atoms with van der Waals surface area (Å²) < 4.78 is 94.3. The van der Waals surface area contributed by atoms with Gasteiger partial charge in [0.05, 0.1) is 26.0 Å². The van der Waals surface area contributed by atoms with E-state index in [9.17, 15) is 22.2 Å². The second-order valence-electron chi connectivity index (χ2n) is 11.0. The van der Waals surface area contributed by atoms with Crippen LogP contribution in [0.2, 0.25) is 0 Å². The molecule has 1 aliphatic carbocycles. The van der Waals surface area contributed by atoms with Gasteiger partial charge in [-0.3, -0.25) is 19.2 Å². The van der Waals surface area contributed by atoms with Crippen LogP contribution in [0.5, 0.6) is 11.5 Å². The molecule has 0 radical (unpaired) electrons. The third-order valence-corrected chi connectivity index (χ3v) is 8.67. The lowest BCUT2D eigenvalue weighted by Crippen LogP contribution is -2.40. The quantitative estimate of drug-likeness (QED) is 0.106. The van der Waals surface area contributed by atoms with Crippen LogP contribution in [0, 0.1) is 18.6 Å². The number of benzene rings is 1. The summed E-state index contributed by atoms with van der Waals surface area (Å²) in [7, 11) is -3.45. The van der Waals surface area contributed by atoms with Crippen LogP contribution < -0.4 is 19.5 Å². The number of nitrogens with one attached hydrogen (secondary N) is 2. The van der Waals surface area contributed by atoms with Gasteiger partial charge in [0.1, 0.15) is 23.1 Å². The molecule has 256 valence electrons. The predicted octanol–water partition coefficient (Wildman–Crippen LogP) is 5.47. The maximum Gasteiger partial charge on any atom is 0.472 e. The van der Waals surface area contributed by atoms with E-state index in [0.717, 1.165) is 47.9 Å². The molecule has 0 bridgehead atoms. The molecule has 0 aliphatic heterocycles. The van der Waals surface area contributed by atoms with Crippen LogP contribution in [-0.4, -0.2) is 65.9 Å². The van der Waals surface area contributed by atoms with Crippen molar-refractivity contribution >= 4 is 32.5 Å². The average Bonchev–Trinajstić information content (AvgIpc) is 3.80. The van der Waals surface area contributed by atoms with Crippen molar-refractivity contribution in [2.24, 2.45) is 0 Å². The molecule has 3 aromatic heterocycles. The summed E-state index contributed by atoms with van der Waals surface area (Å²) in [6.07, 6.45) is 1.98. The number of ether oxygens (including phenoxy) is 2. The molecule has 1 fully saturated rings. The first-order valence-corrected chi connectivity index (χ1v) is 16.8. The van der Waals surface area contributed by atoms with Crippen molar-refractivity contribution in [3.05, 3.63) is 71.3 Å². The summed E-state index contributed by atoms with van der Waals surface area (Å²) >= 11 is 0. The summed E-state index contributed by atoms with van der Waals surface area (Å²) in [5, 5.41) is 8.85. The van der Waals surface area contributed by atoms with Crippen LogP contribution in [-0.2, 0) is 21.0 Å². The Morgan fingerprint density at radius 3 is 2.46 bits per heavy atom. The molecule has 0 spiro atoms.